The number of rotatable bonds is 8. The molecule has 2 N–H and O–H groups in total. The molecule has 0 saturated heterocycles. The van der Waals surface area contributed by atoms with E-state index in [0.29, 0.717) is 22.3 Å². The van der Waals surface area contributed by atoms with Crippen LogP contribution in [0.3, 0.4) is 0 Å². The number of aromatic carboxylic acids is 1. The molecular formula is C35H54O3. The Morgan fingerprint density at radius 2 is 1.53 bits per heavy atom. The average molecular weight is 523 g/mol. The Balaban J connectivity index is 1.30. The highest BCUT2D eigenvalue weighted by molar-refractivity contribution is 5.87. The van der Waals surface area contributed by atoms with Crippen molar-refractivity contribution >= 4 is 5.97 Å². The molecule has 0 spiro atoms. The summed E-state index contributed by atoms with van der Waals surface area (Å²) in [4.78, 5) is 11.3. The van der Waals surface area contributed by atoms with Crippen LogP contribution in [0.15, 0.2) is 24.3 Å². The number of carbonyl (C=O) groups is 1. The number of hydrogen-bond acceptors (Lipinski definition) is 2. The molecule has 4 aliphatic carbocycles. The monoisotopic (exact) mass is 522 g/mol. The summed E-state index contributed by atoms with van der Waals surface area (Å²) in [6, 6.07) is 7.40. The molecule has 4 saturated carbocycles. The molecule has 0 amide bonds. The molecule has 0 radical (unpaired) electrons. The predicted octanol–water partition coefficient (Wildman–Crippen LogP) is 8.64. The summed E-state index contributed by atoms with van der Waals surface area (Å²) >= 11 is 0. The molecular weight excluding hydrogens is 468 g/mol. The van der Waals surface area contributed by atoms with Crippen LogP contribution in [-0.4, -0.2) is 22.3 Å². The molecule has 3 heteroatoms. The Morgan fingerprint density at radius 1 is 0.868 bits per heavy atom. The lowest BCUT2D eigenvalue weighted by atomic mass is 9.42. The van der Waals surface area contributed by atoms with E-state index in [-0.39, 0.29) is 12.0 Å². The molecule has 0 heterocycles. The van der Waals surface area contributed by atoms with E-state index in [1.54, 1.807) is 12.1 Å². The summed E-state index contributed by atoms with van der Waals surface area (Å²) in [6.45, 7) is 12.6. The van der Waals surface area contributed by atoms with Crippen LogP contribution >= 0.6 is 0 Å². The number of carboxylic acids is 1. The molecule has 4 aliphatic rings. The number of aliphatic hydroxyl groups is 1. The van der Waals surface area contributed by atoms with Gasteiger partial charge in [0.1, 0.15) is 0 Å². The summed E-state index contributed by atoms with van der Waals surface area (Å²) < 4.78 is 0. The van der Waals surface area contributed by atoms with E-state index in [9.17, 15) is 15.0 Å². The minimum absolute atomic E-state index is 0.236. The van der Waals surface area contributed by atoms with Gasteiger partial charge in [-0.25, -0.2) is 4.79 Å². The van der Waals surface area contributed by atoms with Gasteiger partial charge in [-0.1, -0.05) is 66.0 Å². The Kier molecular flexibility index (Phi) is 8.09. The van der Waals surface area contributed by atoms with Crippen LogP contribution in [0, 0.1) is 58.2 Å². The first kappa shape index (κ1) is 28.2. The van der Waals surface area contributed by atoms with Crippen molar-refractivity contribution in [1.82, 2.24) is 0 Å². The van der Waals surface area contributed by atoms with E-state index in [1.807, 2.05) is 12.1 Å². The minimum atomic E-state index is -0.872. The predicted molar refractivity (Wildman–Crippen MR) is 155 cm³/mol. The second-order valence-electron chi connectivity index (χ2n) is 15.1. The molecule has 0 bridgehead atoms. The van der Waals surface area contributed by atoms with Crippen molar-refractivity contribution in [3.63, 3.8) is 0 Å². The van der Waals surface area contributed by atoms with Crippen molar-refractivity contribution in [2.75, 3.05) is 0 Å². The lowest BCUT2D eigenvalue weighted by Gasteiger charge is -2.63. The van der Waals surface area contributed by atoms with Gasteiger partial charge in [0.2, 0.25) is 0 Å². The number of carboxylic acid groups (broad SMARTS) is 1. The molecule has 10 atom stereocenters. The summed E-state index contributed by atoms with van der Waals surface area (Å²) in [5, 5.41) is 20.5. The highest BCUT2D eigenvalue weighted by Crippen LogP contribution is 2.69. The van der Waals surface area contributed by atoms with Crippen LogP contribution in [0.1, 0.15) is 121 Å². The van der Waals surface area contributed by atoms with Crippen molar-refractivity contribution in [3.8, 4) is 0 Å². The first-order valence-electron chi connectivity index (χ1n) is 16.0. The van der Waals surface area contributed by atoms with Gasteiger partial charge in [0.05, 0.1) is 11.7 Å². The Hall–Kier alpha value is -1.35. The molecule has 212 valence electrons. The topological polar surface area (TPSA) is 57.5 Å². The standard InChI is InChI=1S/C35H54O3/c1-22(2)7-6-8-23(3)28-15-16-29-26-13-14-30-27(21-24-9-11-25(12-10-24)33(37)38)32(36)18-20-35(30,5)31(26)17-19-34(28,29)4/h9-12,22-23,26-32,36H,6-8,13-21H2,1-5H3,(H,37,38)/t23-,26+,27+,28-,29+,30?,31+,32-,34-,35+/m1/s1. The first-order valence-corrected chi connectivity index (χ1v) is 16.0. The van der Waals surface area contributed by atoms with Crippen LogP contribution in [0.5, 0.6) is 0 Å². The van der Waals surface area contributed by atoms with Gasteiger partial charge in [-0.3, -0.25) is 0 Å². The number of benzene rings is 1. The summed E-state index contributed by atoms with van der Waals surface area (Å²) in [7, 11) is 0. The van der Waals surface area contributed by atoms with Gasteiger partial charge in [0.15, 0.2) is 0 Å². The van der Waals surface area contributed by atoms with Gasteiger partial charge in [0, 0.05) is 0 Å². The zero-order valence-corrected chi connectivity index (χ0v) is 24.8. The molecule has 4 fully saturated rings. The summed E-state index contributed by atoms with van der Waals surface area (Å²) in [5.41, 5.74) is 2.38. The zero-order chi connectivity index (χ0) is 27.2. The van der Waals surface area contributed by atoms with E-state index < -0.39 is 5.97 Å². The van der Waals surface area contributed by atoms with Crippen molar-refractivity contribution in [2.45, 2.75) is 118 Å². The molecule has 1 unspecified atom stereocenters. The van der Waals surface area contributed by atoms with E-state index in [1.165, 1.54) is 69.8 Å². The van der Waals surface area contributed by atoms with Crippen molar-refractivity contribution in [3.05, 3.63) is 35.4 Å². The van der Waals surface area contributed by atoms with Crippen LogP contribution in [-0.2, 0) is 6.42 Å². The van der Waals surface area contributed by atoms with Gasteiger partial charge >= 0.3 is 5.97 Å². The smallest absolute Gasteiger partial charge is 0.335 e. The zero-order valence-electron chi connectivity index (χ0n) is 24.8. The molecule has 3 nitrogen and oxygen atoms in total. The number of aliphatic hydroxyl groups excluding tert-OH is 1. The molecule has 38 heavy (non-hydrogen) atoms. The maximum absolute atomic E-state index is 11.3. The van der Waals surface area contributed by atoms with E-state index in [4.69, 9.17) is 0 Å². The van der Waals surface area contributed by atoms with Crippen LogP contribution in [0.2, 0.25) is 0 Å². The fourth-order valence-corrected chi connectivity index (χ4v) is 10.9. The molecule has 1 aromatic rings. The third-order valence-corrected chi connectivity index (χ3v) is 12.8. The lowest BCUT2D eigenvalue weighted by Crippen LogP contribution is -2.57. The third kappa shape index (κ3) is 4.99. The average Bonchev–Trinajstić information content (AvgIpc) is 3.23. The summed E-state index contributed by atoms with van der Waals surface area (Å²) in [6.07, 6.45) is 15.2. The first-order chi connectivity index (χ1) is 18.0. The third-order valence-electron chi connectivity index (χ3n) is 12.8. The number of fused-ring (bicyclic) bond motifs is 5. The van der Waals surface area contributed by atoms with Gasteiger partial charge in [0.25, 0.3) is 0 Å². The molecule has 1 aromatic carbocycles. The molecule has 0 aliphatic heterocycles. The van der Waals surface area contributed by atoms with Crippen LogP contribution < -0.4 is 0 Å². The largest absolute Gasteiger partial charge is 0.478 e. The maximum atomic E-state index is 11.3. The van der Waals surface area contributed by atoms with Crippen molar-refractivity contribution in [1.29, 1.82) is 0 Å². The van der Waals surface area contributed by atoms with Crippen LogP contribution in [0.25, 0.3) is 0 Å². The Morgan fingerprint density at radius 3 is 2.21 bits per heavy atom. The Labute approximate surface area is 232 Å². The van der Waals surface area contributed by atoms with Gasteiger partial charge in [-0.15, -0.1) is 0 Å². The molecule has 5 rings (SSSR count). The second kappa shape index (κ2) is 10.9. The summed E-state index contributed by atoms with van der Waals surface area (Å²) in [5.74, 6) is 5.14. The van der Waals surface area contributed by atoms with Gasteiger partial charge < -0.3 is 10.2 Å². The molecule has 0 aromatic heterocycles. The second-order valence-corrected chi connectivity index (χ2v) is 15.1. The van der Waals surface area contributed by atoms with E-state index >= 15 is 0 Å². The minimum Gasteiger partial charge on any atom is -0.478 e. The fourth-order valence-electron chi connectivity index (χ4n) is 10.9. The Bertz CT molecular complexity index is 968. The normalized spacial score (nSPS) is 41.3. The van der Waals surface area contributed by atoms with Crippen LogP contribution in [0.4, 0.5) is 0 Å². The highest BCUT2D eigenvalue weighted by Gasteiger charge is 2.61. The van der Waals surface area contributed by atoms with Gasteiger partial charge in [-0.2, -0.15) is 0 Å². The van der Waals surface area contributed by atoms with E-state index in [0.717, 1.165) is 48.3 Å². The number of hydrogen-bond donors (Lipinski definition) is 2. The SMILES string of the molecule is CC(C)CCC[C@@H](C)[C@H]1CC[C@H]2[C@@H]3CCC4[C@H](Cc5ccc(C(=O)O)cc5)[C@H](O)CC[C@]4(C)[C@H]3CC[C@]12C. The highest BCUT2D eigenvalue weighted by atomic mass is 16.4. The maximum Gasteiger partial charge on any atom is 0.335 e. The quantitative estimate of drug-likeness (QED) is 0.359. The van der Waals surface area contributed by atoms with Crippen molar-refractivity contribution in [2.24, 2.45) is 58.2 Å². The van der Waals surface area contributed by atoms with E-state index in [2.05, 4.69) is 34.6 Å². The fraction of sp³-hybridized carbons (Fsp3) is 0.800. The lowest BCUT2D eigenvalue weighted by molar-refractivity contribution is -0.152. The van der Waals surface area contributed by atoms with Crippen molar-refractivity contribution < 1.29 is 15.0 Å². The van der Waals surface area contributed by atoms with Gasteiger partial charge in [-0.05, 0) is 134 Å².